The molecule has 0 aromatic carbocycles. The van der Waals surface area contributed by atoms with Gasteiger partial charge in [0.1, 0.15) is 40.7 Å². The predicted octanol–water partition coefficient (Wildman–Crippen LogP) is 20.7. The van der Waals surface area contributed by atoms with Gasteiger partial charge in [0.2, 0.25) is 0 Å². The molecule has 4 aliphatic heterocycles. The van der Waals surface area contributed by atoms with Crippen LogP contribution in [0.15, 0.2) is 0 Å². The molecule has 22 heteroatoms. The molecule has 0 aromatic rings. The zero-order chi connectivity index (χ0) is 95.4. The van der Waals surface area contributed by atoms with Crippen LogP contribution in [-0.2, 0) is 95.4 Å². The first-order valence-electron chi connectivity index (χ1n) is 51.7. The van der Waals surface area contributed by atoms with Gasteiger partial charge in [0.05, 0.1) is 76.3 Å². The monoisotopic (exact) mass is 1810 g/mol. The maximum Gasteiger partial charge on any atom is 0.317 e. The second-order valence-electron chi connectivity index (χ2n) is 47.8. The molecule has 21 aliphatic rings. The number of ether oxygens (including phenoxy) is 9. The Hall–Kier alpha value is -5.51. The van der Waals surface area contributed by atoms with Crippen molar-refractivity contribution in [2.75, 3.05) is 0 Å². The molecule has 31 atom stereocenters. The highest BCUT2D eigenvalue weighted by Gasteiger charge is 2.72. The van der Waals surface area contributed by atoms with Crippen molar-refractivity contribution in [1.29, 1.82) is 0 Å². The number of hydrogen-bond acceptors (Lipinski definition) is 22. The summed E-state index contributed by atoms with van der Waals surface area (Å²) in [5.74, 6) is 10.1. The predicted molar refractivity (Wildman–Crippen MR) is 489 cm³/mol. The van der Waals surface area contributed by atoms with Crippen LogP contribution in [0, 0.1) is 182 Å². The molecular formula is C107H172O22. The van der Waals surface area contributed by atoms with Gasteiger partial charge in [-0.3, -0.25) is 52.7 Å². The Kier molecular flexibility index (Phi) is 32.9. The lowest BCUT2D eigenvalue weighted by Gasteiger charge is -2.64. The molecule has 0 amide bonds. The van der Waals surface area contributed by atoms with Crippen LogP contribution in [0.4, 0.5) is 0 Å². The van der Waals surface area contributed by atoms with Crippen molar-refractivity contribution in [2.45, 2.75) is 425 Å². The molecule has 732 valence electrons. The molecule has 0 radical (unpaired) electrons. The Morgan fingerprint density at radius 3 is 1.22 bits per heavy atom. The van der Waals surface area contributed by atoms with Crippen LogP contribution >= 0.6 is 0 Å². The van der Waals surface area contributed by atoms with Crippen molar-refractivity contribution in [3.63, 3.8) is 0 Å². The van der Waals surface area contributed by atoms with Crippen LogP contribution < -0.4 is 0 Å². The lowest BCUT2D eigenvalue weighted by atomic mass is 9.44. The first kappa shape index (κ1) is 104. The number of esters is 11. The Bertz CT molecular complexity index is 3790. The van der Waals surface area contributed by atoms with Gasteiger partial charge in [-0.05, 0) is 298 Å². The highest BCUT2D eigenvalue weighted by atomic mass is 16.6. The van der Waals surface area contributed by atoms with E-state index in [0.717, 1.165) is 175 Å². The van der Waals surface area contributed by atoms with Gasteiger partial charge in [0.25, 0.3) is 0 Å². The molecule has 21 fully saturated rings. The Morgan fingerprint density at radius 2 is 0.829 bits per heavy atom. The van der Waals surface area contributed by atoms with Crippen LogP contribution in [-0.4, -0.2) is 128 Å². The summed E-state index contributed by atoms with van der Waals surface area (Å²) in [6.45, 7) is 52.9. The third kappa shape index (κ3) is 22.0. The van der Waals surface area contributed by atoms with Gasteiger partial charge in [-0.25, -0.2) is 0 Å². The minimum absolute atomic E-state index is 0.0166. The molecule has 17 aliphatic carbocycles. The summed E-state index contributed by atoms with van der Waals surface area (Å²) in [6.07, 6.45) is 32.3. The van der Waals surface area contributed by atoms with Gasteiger partial charge in [0.15, 0.2) is 0 Å². The fourth-order valence-corrected chi connectivity index (χ4v) is 27.8. The van der Waals surface area contributed by atoms with Crippen molar-refractivity contribution < 1.29 is 106 Å². The number of hydrogen-bond donors (Lipinski definition) is 2. The molecule has 31 unspecified atom stereocenters. The second-order valence-corrected chi connectivity index (χ2v) is 47.8. The van der Waals surface area contributed by atoms with Crippen molar-refractivity contribution in [1.82, 2.24) is 0 Å². The van der Waals surface area contributed by atoms with Crippen molar-refractivity contribution >= 4 is 65.7 Å². The molecule has 4 saturated heterocycles. The summed E-state index contributed by atoms with van der Waals surface area (Å²) in [6, 6.07) is 0. The molecule has 21 rings (SSSR count). The molecule has 0 spiro atoms. The van der Waals surface area contributed by atoms with E-state index in [-0.39, 0.29) is 159 Å². The van der Waals surface area contributed by atoms with Gasteiger partial charge < -0.3 is 52.8 Å². The van der Waals surface area contributed by atoms with Crippen LogP contribution in [0.3, 0.4) is 0 Å². The average Bonchev–Trinajstić information content (AvgIpc) is 1.70. The van der Waals surface area contributed by atoms with Gasteiger partial charge in [-0.15, -0.1) is 0 Å². The molecule has 17 saturated carbocycles. The van der Waals surface area contributed by atoms with E-state index in [9.17, 15) is 63.0 Å². The summed E-state index contributed by atoms with van der Waals surface area (Å²) < 4.78 is 48.6. The highest BCUT2D eigenvalue weighted by Crippen LogP contribution is 2.68. The topological polar surface area (TPSA) is 311 Å². The summed E-state index contributed by atoms with van der Waals surface area (Å²) in [4.78, 5) is 126. The Balaban J connectivity index is 0.000000143. The van der Waals surface area contributed by atoms with E-state index >= 15 is 0 Å². The molecular weight excluding hydrogens is 1640 g/mol. The fraction of sp³-hybridized carbons (Fsp3) is 0.897. The van der Waals surface area contributed by atoms with Crippen LogP contribution in [0.25, 0.3) is 0 Å². The van der Waals surface area contributed by atoms with E-state index in [1.54, 1.807) is 40.5 Å². The van der Waals surface area contributed by atoms with Crippen molar-refractivity contribution in [3.05, 3.63) is 0 Å². The lowest BCUT2D eigenvalue weighted by Crippen LogP contribution is -2.63. The summed E-state index contributed by atoms with van der Waals surface area (Å²) in [5.41, 5.74) is -2.69. The first-order valence-corrected chi connectivity index (χ1v) is 51.7. The van der Waals surface area contributed by atoms with E-state index in [0.29, 0.717) is 41.4 Å². The van der Waals surface area contributed by atoms with Crippen molar-refractivity contribution in [2.24, 2.45) is 182 Å². The quantitative estimate of drug-likeness (QED) is 0.0776. The molecule has 129 heavy (non-hydrogen) atoms. The Morgan fingerprint density at radius 1 is 0.419 bits per heavy atom. The zero-order valence-corrected chi connectivity index (χ0v) is 84.2. The second kappa shape index (κ2) is 40.8. The molecule has 2 N–H and O–H groups in total. The van der Waals surface area contributed by atoms with Gasteiger partial charge in [-0.2, -0.15) is 0 Å². The molecule has 0 aromatic heterocycles. The first-order chi connectivity index (χ1) is 60.2. The summed E-state index contributed by atoms with van der Waals surface area (Å²) in [5, 5.41) is 21.5. The van der Waals surface area contributed by atoms with E-state index in [4.69, 9.17) is 33.2 Å². The number of fused-ring (bicyclic) bond motifs is 6. The minimum atomic E-state index is -0.562. The largest absolute Gasteiger partial charge is 0.459 e. The van der Waals surface area contributed by atoms with Gasteiger partial charge >= 0.3 is 65.7 Å². The highest BCUT2D eigenvalue weighted by molar-refractivity contribution is 5.96. The third-order valence-electron chi connectivity index (χ3n) is 38.6. The number of rotatable bonds is 17. The van der Waals surface area contributed by atoms with Gasteiger partial charge in [0, 0.05) is 40.4 Å². The van der Waals surface area contributed by atoms with E-state index in [2.05, 4.69) is 85.6 Å². The van der Waals surface area contributed by atoms with E-state index < -0.39 is 46.3 Å². The van der Waals surface area contributed by atoms with Crippen LogP contribution in [0.5, 0.6) is 0 Å². The van der Waals surface area contributed by atoms with Crippen molar-refractivity contribution in [3.8, 4) is 0 Å². The smallest absolute Gasteiger partial charge is 0.317 e. The fourth-order valence-electron chi connectivity index (χ4n) is 27.8. The molecule has 4 heterocycles. The molecule has 16 bridgehead atoms. The number of carbonyl (C=O) groups is 11. The Labute approximate surface area is 774 Å². The van der Waals surface area contributed by atoms with Crippen LogP contribution in [0.2, 0.25) is 0 Å². The third-order valence-corrected chi connectivity index (χ3v) is 38.6. The van der Waals surface area contributed by atoms with Gasteiger partial charge in [-0.1, -0.05) is 151 Å². The zero-order valence-electron chi connectivity index (χ0n) is 84.2. The normalized spacial score (nSPS) is 43.5. The minimum Gasteiger partial charge on any atom is -0.459 e. The standard InChI is InChI=1S/C18H30O3.C16H26O3.C15H28O2.2C14H20O4.2C9H16.2C6H8O3/c1-5-12(2)15(19)21-16(3,4)17-7-13-6-14(8-17)10-18(20,9-13)11-17;1-4-10(2)14(17)19-15(3)12-5-11-6-13(15)9-16(18,7-11)8-12;1-6-12(3)14(16)17-15(4,5)13-9-7-11(2)8-10-13;1-4-7(2)12(15)18-11-10-8-5-14(11,3)6-9(8)13(16)17-10;1-4-7(2)12(15)17-11-8-5-9-10(6-8)14(11,3)18-13(9)16;2*1-6-7(2)9-4-3-8(6)5-9;2*1-3-4(2)6(8)9-5(3)7/h12-14,20H,5-11H2,1-4H3;10-13,18H,4-9H2,1-3H3;11-13H,6-10H2,1-5H3;2*7-11H,4-6H2,1-3H3;2*6-9H,3-5H2,1-2H3;2*3-4H,1-2H3. The number of cyclic esters (lactones) is 4. The van der Waals surface area contributed by atoms with E-state index in [1.165, 1.54) is 57.8 Å². The number of aliphatic hydroxyl groups is 2. The molecule has 22 nitrogen and oxygen atoms in total. The lowest BCUT2D eigenvalue weighted by molar-refractivity contribution is -0.237. The maximum atomic E-state index is 12.3. The summed E-state index contributed by atoms with van der Waals surface area (Å²) >= 11 is 0. The average molecular weight is 1810 g/mol. The number of carbonyl (C=O) groups excluding carboxylic acids is 11. The SMILES string of the molecule is CC1C(=O)OC(=O)C1C.CC1C(=O)OC(=O)C1C.CC1C2CCC(C2)C1C.CC1C2CCC(C2)C1C.CCC(C)C(=O)OC(C)(C)C12CC3CC(CC(O)(C3)C1)C2.CCC(C)C(=O)OC(C)(C)C1CCC(C)CC1.CCC(C)C(=O)OC1(C)C2CC3CC1CC(O)(C3)C2.CCC(C)C(=O)OC1C2CC3C(=O)OC1(C)C3C2.CCC(C)C(=O)OC1C2OC(=O)C3CC1(C)CC32. The summed E-state index contributed by atoms with van der Waals surface area (Å²) in [7, 11) is 0. The van der Waals surface area contributed by atoms with Crippen LogP contribution in [0.1, 0.15) is 373 Å². The van der Waals surface area contributed by atoms with E-state index in [1.807, 2.05) is 76.2 Å². The maximum absolute atomic E-state index is 12.3.